The zero-order valence-electron chi connectivity index (χ0n) is 16.1. The van der Waals surface area contributed by atoms with E-state index < -0.39 is 5.82 Å². The third-order valence-corrected chi connectivity index (χ3v) is 6.35. The van der Waals surface area contributed by atoms with Crippen LogP contribution in [0.3, 0.4) is 0 Å². The normalized spacial score (nSPS) is 22.4. The van der Waals surface area contributed by atoms with Gasteiger partial charge in [0.2, 0.25) is 0 Å². The van der Waals surface area contributed by atoms with Gasteiger partial charge in [-0.05, 0) is 86.0 Å². The van der Waals surface area contributed by atoms with Gasteiger partial charge in [0.15, 0.2) is 0 Å². The van der Waals surface area contributed by atoms with Crippen LogP contribution in [0.1, 0.15) is 34.3 Å². The topological polar surface area (TPSA) is 32.3 Å². The highest BCUT2D eigenvalue weighted by Crippen LogP contribution is 2.29. The molecule has 4 rings (SSSR count). The van der Waals surface area contributed by atoms with Gasteiger partial charge in [-0.1, -0.05) is 24.3 Å². The molecule has 2 atom stereocenters. The molecule has 4 heteroatoms. The van der Waals surface area contributed by atoms with Crippen molar-refractivity contribution in [3.05, 3.63) is 58.9 Å². The van der Waals surface area contributed by atoms with Crippen molar-refractivity contribution in [2.45, 2.75) is 26.7 Å². The molecule has 0 spiro atoms. The van der Waals surface area contributed by atoms with E-state index in [1.54, 1.807) is 6.07 Å². The maximum absolute atomic E-state index is 14.8. The lowest BCUT2D eigenvalue weighted by Crippen LogP contribution is -2.33. The molecule has 2 aromatic rings. The number of halogens is 1. The molecule has 0 saturated carbocycles. The lowest BCUT2D eigenvalue weighted by Gasteiger charge is -2.21. The van der Waals surface area contributed by atoms with Gasteiger partial charge in [-0.3, -0.25) is 4.79 Å². The van der Waals surface area contributed by atoms with Crippen molar-refractivity contribution in [2.24, 2.45) is 11.8 Å². The number of carbonyl (C=O) groups excluding carboxylic acids is 1. The van der Waals surface area contributed by atoms with Gasteiger partial charge < -0.3 is 10.2 Å². The molecule has 2 aromatic carbocycles. The minimum absolute atomic E-state index is 0.174. The fourth-order valence-electron chi connectivity index (χ4n) is 4.38. The second-order valence-corrected chi connectivity index (χ2v) is 8.04. The first-order valence-corrected chi connectivity index (χ1v) is 9.90. The van der Waals surface area contributed by atoms with E-state index in [0.717, 1.165) is 50.1 Å². The molecule has 1 amide bonds. The SMILES string of the molecule is Cc1ccc(-c2ccc(C(=O)N3CC[C@@H]4CNC[C@@H]4CC3)c(F)c2)cc1C. The molecule has 2 aliphatic heterocycles. The Morgan fingerprint density at radius 2 is 1.59 bits per heavy atom. The first-order valence-electron chi connectivity index (χ1n) is 9.90. The van der Waals surface area contributed by atoms with E-state index in [1.807, 2.05) is 23.1 Å². The highest BCUT2D eigenvalue weighted by molar-refractivity contribution is 5.95. The van der Waals surface area contributed by atoms with Crippen molar-refractivity contribution in [2.75, 3.05) is 26.2 Å². The number of benzene rings is 2. The minimum atomic E-state index is -0.429. The van der Waals surface area contributed by atoms with Gasteiger partial charge in [0.05, 0.1) is 5.56 Å². The first kappa shape index (κ1) is 18.2. The van der Waals surface area contributed by atoms with E-state index in [2.05, 4.69) is 25.2 Å². The monoisotopic (exact) mass is 366 g/mol. The highest BCUT2D eigenvalue weighted by atomic mass is 19.1. The van der Waals surface area contributed by atoms with Crippen LogP contribution in [-0.2, 0) is 0 Å². The smallest absolute Gasteiger partial charge is 0.256 e. The minimum Gasteiger partial charge on any atom is -0.339 e. The van der Waals surface area contributed by atoms with Crippen molar-refractivity contribution in [1.82, 2.24) is 10.2 Å². The van der Waals surface area contributed by atoms with E-state index in [1.165, 1.54) is 17.2 Å². The van der Waals surface area contributed by atoms with Crippen molar-refractivity contribution >= 4 is 5.91 Å². The number of carbonyl (C=O) groups is 1. The molecule has 0 aromatic heterocycles. The number of aryl methyl sites for hydroxylation is 2. The Hall–Kier alpha value is -2.20. The number of nitrogens with one attached hydrogen (secondary N) is 1. The average molecular weight is 366 g/mol. The summed E-state index contributed by atoms with van der Waals surface area (Å²) in [6.07, 6.45) is 2.01. The third-order valence-electron chi connectivity index (χ3n) is 6.35. The van der Waals surface area contributed by atoms with Crippen LogP contribution >= 0.6 is 0 Å². The van der Waals surface area contributed by atoms with Crippen LogP contribution in [0.5, 0.6) is 0 Å². The third kappa shape index (κ3) is 3.63. The molecule has 0 radical (unpaired) electrons. The van der Waals surface area contributed by atoms with Crippen LogP contribution in [-0.4, -0.2) is 37.0 Å². The van der Waals surface area contributed by atoms with Crippen LogP contribution in [0.25, 0.3) is 11.1 Å². The standard InChI is InChI=1S/C23H27FN2O/c1-15-3-4-17(11-16(15)2)18-5-6-21(22(24)12-18)23(27)26-9-7-19-13-25-14-20(19)8-10-26/h3-6,11-12,19-20,25H,7-10,13-14H2,1-2H3/t19-,20+. The number of fused-ring (bicyclic) bond motifs is 1. The largest absolute Gasteiger partial charge is 0.339 e. The Morgan fingerprint density at radius 1 is 0.963 bits per heavy atom. The molecule has 2 heterocycles. The van der Waals surface area contributed by atoms with Gasteiger partial charge in [0.1, 0.15) is 5.82 Å². The van der Waals surface area contributed by atoms with Crippen LogP contribution in [0.15, 0.2) is 36.4 Å². The second-order valence-electron chi connectivity index (χ2n) is 8.04. The Kier molecular flexibility index (Phi) is 5.00. The van der Waals surface area contributed by atoms with Crippen molar-refractivity contribution in [1.29, 1.82) is 0 Å². The van der Waals surface area contributed by atoms with Crippen molar-refractivity contribution in [3.8, 4) is 11.1 Å². The number of rotatable bonds is 2. The summed E-state index contributed by atoms with van der Waals surface area (Å²) in [5.41, 5.74) is 4.37. The summed E-state index contributed by atoms with van der Waals surface area (Å²) in [6.45, 7) is 7.65. The molecule has 3 nitrogen and oxygen atoms in total. The molecular formula is C23H27FN2O. The predicted octanol–water partition coefficient (Wildman–Crippen LogP) is 4.18. The summed E-state index contributed by atoms with van der Waals surface area (Å²) in [7, 11) is 0. The summed E-state index contributed by atoms with van der Waals surface area (Å²) in [5.74, 6) is 0.702. The van der Waals surface area contributed by atoms with Crippen LogP contribution in [0, 0.1) is 31.5 Å². The van der Waals surface area contributed by atoms with Gasteiger partial charge in [0, 0.05) is 13.1 Å². The Labute approximate surface area is 160 Å². The number of amides is 1. The van der Waals surface area contributed by atoms with Gasteiger partial charge in [-0.25, -0.2) is 4.39 Å². The number of nitrogens with zero attached hydrogens (tertiary/aromatic N) is 1. The van der Waals surface area contributed by atoms with Crippen molar-refractivity contribution in [3.63, 3.8) is 0 Å². The number of hydrogen-bond donors (Lipinski definition) is 1. The van der Waals surface area contributed by atoms with Crippen LogP contribution in [0.2, 0.25) is 0 Å². The predicted molar refractivity (Wildman–Crippen MR) is 106 cm³/mol. The Bertz CT molecular complexity index is 849. The zero-order valence-corrected chi connectivity index (χ0v) is 16.1. The first-order chi connectivity index (χ1) is 13.0. The summed E-state index contributed by atoms with van der Waals surface area (Å²) in [4.78, 5) is 14.7. The zero-order chi connectivity index (χ0) is 19.0. The number of likely N-dealkylation sites (tertiary alicyclic amines) is 1. The Balaban J connectivity index is 1.53. The van der Waals surface area contributed by atoms with Gasteiger partial charge in [0.25, 0.3) is 5.91 Å². The summed E-state index contributed by atoms with van der Waals surface area (Å²) < 4.78 is 14.8. The van der Waals surface area contributed by atoms with Gasteiger partial charge >= 0.3 is 0 Å². The van der Waals surface area contributed by atoms with E-state index in [-0.39, 0.29) is 11.5 Å². The molecule has 2 fully saturated rings. The lowest BCUT2D eigenvalue weighted by molar-refractivity contribution is 0.0754. The van der Waals surface area contributed by atoms with Gasteiger partial charge in [-0.2, -0.15) is 0 Å². The molecule has 0 aliphatic carbocycles. The average Bonchev–Trinajstić information content (AvgIpc) is 3.01. The fraction of sp³-hybridized carbons (Fsp3) is 0.435. The quantitative estimate of drug-likeness (QED) is 0.865. The summed E-state index contributed by atoms with van der Waals surface area (Å²) in [5, 5.41) is 3.44. The molecule has 0 bridgehead atoms. The maximum atomic E-state index is 14.8. The second kappa shape index (κ2) is 7.43. The van der Waals surface area contributed by atoms with Crippen LogP contribution < -0.4 is 5.32 Å². The van der Waals surface area contributed by atoms with E-state index >= 15 is 0 Å². The highest BCUT2D eigenvalue weighted by Gasteiger charge is 2.32. The maximum Gasteiger partial charge on any atom is 0.256 e. The molecule has 142 valence electrons. The molecule has 2 saturated heterocycles. The summed E-state index contributed by atoms with van der Waals surface area (Å²) >= 11 is 0. The van der Waals surface area contributed by atoms with E-state index in [4.69, 9.17) is 0 Å². The fourth-order valence-corrected chi connectivity index (χ4v) is 4.38. The molecule has 2 aliphatic rings. The Morgan fingerprint density at radius 3 is 2.22 bits per heavy atom. The van der Waals surface area contributed by atoms with Crippen molar-refractivity contribution < 1.29 is 9.18 Å². The molecule has 0 unspecified atom stereocenters. The lowest BCUT2D eigenvalue weighted by atomic mass is 9.92. The van der Waals surface area contributed by atoms with E-state index in [0.29, 0.717) is 11.8 Å². The molecule has 27 heavy (non-hydrogen) atoms. The van der Waals surface area contributed by atoms with Gasteiger partial charge in [-0.15, -0.1) is 0 Å². The summed E-state index contributed by atoms with van der Waals surface area (Å²) in [6, 6.07) is 11.1. The molecule has 1 N–H and O–H groups in total. The molecular weight excluding hydrogens is 339 g/mol. The number of hydrogen-bond acceptors (Lipinski definition) is 2. The van der Waals surface area contributed by atoms with Crippen LogP contribution in [0.4, 0.5) is 4.39 Å². The van der Waals surface area contributed by atoms with E-state index in [9.17, 15) is 9.18 Å².